The van der Waals surface area contributed by atoms with Crippen molar-refractivity contribution in [1.29, 1.82) is 0 Å². The molecule has 0 heterocycles. The fraction of sp³-hybridized carbons (Fsp3) is 0.0526. The fourth-order valence-corrected chi connectivity index (χ4v) is 2.41. The van der Waals surface area contributed by atoms with Gasteiger partial charge in [-0.15, -0.1) is 0 Å². The molecule has 0 fully saturated rings. The number of hydrogen-bond donors (Lipinski definition) is 0. The van der Waals surface area contributed by atoms with Crippen molar-refractivity contribution in [2.75, 3.05) is 0 Å². The van der Waals surface area contributed by atoms with Crippen molar-refractivity contribution in [2.24, 2.45) is 0 Å². The minimum absolute atomic E-state index is 1.10. The van der Waals surface area contributed by atoms with Gasteiger partial charge in [0.05, 0.1) is 0 Å². The van der Waals surface area contributed by atoms with Crippen LogP contribution >= 0.6 is 0 Å². The van der Waals surface area contributed by atoms with Gasteiger partial charge in [-0.2, -0.15) is 0 Å². The first-order chi connectivity index (χ1) is 9.25. The summed E-state index contributed by atoms with van der Waals surface area (Å²) in [5, 5.41) is 2.58. The topological polar surface area (TPSA) is 0 Å². The standard InChI is InChI=1S/C19H16/c1-14(2)15-10-12-17(13-11-15)19-9-5-7-16-6-3-4-8-18(16)19/h3-13H,1H2,2H3. The third kappa shape index (κ3) is 2.17. The fourth-order valence-electron chi connectivity index (χ4n) is 2.41. The SMILES string of the molecule is C=C(C)c1ccc(-c2cccc3ccccc23)cc1. The molecule has 0 N–H and O–H groups in total. The van der Waals surface area contributed by atoms with E-state index in [0.717, 1.165) is 5.57 Å². The van der Waals surface area contributed by atoms with Crippen LogP contribution in [0.1, 0.15) is 12.5 Å². The van der Waals surface area contributed by atoms with Gasteiger partial charge in [0.15, 0.2) is 0 Å². The van der Waals surface area contributed by atoms with Crippen molar-refractivity contribution in [2.45, 2.75) is 6.92 Å². The summed E-state index contributed by atoms with van der Waals surface area (Å²) in [6.45, 7) is 6.01. The lowest BCUT2D eigenvalue weighted by atomic mass is 9.97. The summed E-state index contributed by atoms with van der Waals surface area (Å²) in [7, 11) is 0. The number of rotatable bonds is 2. The minimum Gasteiger partial charge on any atom is -0.0955 e. The molecule has 0 aliphatic heterocycles. The molecular weight excluding hydrogens is 228 g/mol. The first-order valence-corrected chi connectivity index (χ1v) is 6.50. The molecule has 3 aromatic carbocycles. The van der Waals surface area contributed by atoms with Crippen LogP contribution in [0.4, 0.5) is 0 Å². The molecule has 0 spiro atoms. The zero-order chi connectivity index (χ0) is 13.2. The molecule has 92 valence electrons. The maximum absolute atomic E-state index is 3.98. The highest BCUT2D eigenvalue weighted by atomic mass is 14.1. The Morgan fingerprint density at radius 3 is 2.21 bits per heavy atom. The van der Waals surface area contributed by atoms with Crippen molar-refractivity contribution in [1.82, 2.24) is 0 Å². The van der Waals surface area contributed by atoms with Gasteiger partial charge in [0.25, 0.3) is 0 Å². The lowest BCUT2D eigenvalue weighted by Crippen LogP contribution is -1.83. The van der Waals surface area contributed by atoms with Crippen LogP contribution in [0.25, 0.3) is 27.5 Å². The molecule has 0 bridgehead atoms. The molecule has 3 aromatic rings. The predicted molar refractivity (Wildman–Crippen MR) is 84.1 cm³/mol. The Kier molecular flexibility index (Phi) is 2.92. The largest absolute Gasteiger partial charge is 0.0955 e. The monoisotopic (exact) mass is 244 g/mol. The summed E-state index contributed by atoms with van der Waals surface area (Å²) in [5.74, 6) is 0. The highest BCUT2D eigenvalue weighted by Crippen LogP contribution is 2.29. The van der Waals surface area contributed by atoms with E-state index in [1.165, 1.54) is 27.5 Å². The molecule has 0 saturated carbocycles. The van der Waals surface area contributed by atoms with E-state index in [9.17, 15) is 0 Å². The number of allylic oxidation sites excluding steroid dienone is 1. The van der Waals surface area contributed by atoms with Crippen LogP contribution in [0.2, 0.25) is 0 Å². The summed E-state index contributed by atoms with van der Waals surface area (Å²) < 4.78 is 0. The summed E-state index contributed by atoms with van der Waals surface area (Å²) in [6.07, 6.45) is 0. The van der Waals surface area contributed by atoms with E-state index in [-0.39, 0.29) is 0 Å². The predicted octanol–water partition coefficient (Wildman–Crippen LogP) is 5.54. The van der Waals surface area contributed by atoms with E-state index in [1.807, 2.05) is 6.92 Å². The lowest BCUT2D eigenvalue weighted by Gasteiger charge is -2.08. The Morgan fingerprint density at radius 2 is 1.47 bits per heavy atom. The van der Waals surface area contributed by atoms with Gasteiger partial charge in [0.1, 0.15) is 0 Å². The quantitative estimate of drug-likeness (QED) is 0.555. The van der Waals surface area contributed by atoms with Crippen LogP contribution in [-0.4, -0.2) is 0 Å². The van der Waals surface area contributed by atoms with E-state index in [1.54, 1.807) is 0 Å². The van der Waals surface area contributed by atoms with Crippen molar-refractivity contribution < 1.29 is 0 Å². The molecule has 0 unspecified atom stereocenters. The highest BCUT2D eigenvalue weighted by Gasteiger charge is 2.03. The first kappa shape index (κ1) is 11.7. The molecule has 19 heavy (non-hydrogen) atoms. The summed E-state index contributed by atoms with van der Waals surface area (Å²) in [4.78, 5) is 0. The average Bonchev–Trinajstić information content (AvgIpc) is 2.47. The average molecular weight is 244 g/mol. The van der Waals surface area contributed by atoms with Crippen LogP contribution in [0.5, 0.6) is 0 Å². The van der Waals surface area contributed by atoms with Gasteiger partial charge in [0, 0.05) is 0 Å². The second-order valence-electron chi connectivity index (χ2n) is 4.88. The maximum Gasteiger partial charge on any atom is -0.0105 e. The zero-order valence-corrected chi connectivity index (χ0v) is 11.1. The zero-order valence-electron chi connectivity index (χ0n) is 11.1. The molecular formula is C19H16. The molecule has 0 aliphatic rings. The molecule has 0 nitrogen and oxygen atoms in total. The van der Waals surface area contributed by atoms with E-state index < -0.39 is 0 Å². The van der Waals surface area contributed by atoms with E-state index in [4.69, 9.17) is 0 Å². The Hall–Kier alpha value is -2.34. The van der Waals surface area contributed by atoms with Gasteiger partial charge in [-0.25, -0.2) is 0 Å². The van der Waals surface area contributed by atoms with E-state index in [2.05, 4.69) is 73.3 Å². The highest BCUT2D eigenvalue weighted by molar-refractivity contribution is 5.96. The van der Waals surface area contributed by atoms with Crippen molar-refractivity contribution >= 4 is 16.3 Å². The van der Waals surface area contributed by atoms with Crippen molar-refractivity contribution in [3.63, 3.8) is 0 Å². The Balaban J connectivity index is 2.16. The Morgan fingerprint density at radius 1 is 0.789 bits per heavy atom. The van der Waals surface area contributed by atoms with Crippen LogP contribution in [0, 0.1) is 0 Å². The molecule has 0 atom stereocenters. The Labute approximate surface area is 114 Å². The van der Waals surface area contributed by atoms with Gasteiger partial charge in [-0.05, 0) is 34.4 Å². The molecule has 0 heteroatoms. The summed E-state index contributed by atoms with van der Waals surface area (Å²) in [5.41, 5.74) is 4.83. The summed E-state index contributed by atoms with van der Waals surface area (Å²) in [6, 6.07) is 23.6. The van der Waals surface area contributed by atoms with Crippen LogP contribution < -0.4 is 0 Å². The van der Waals surface area contributed by atoms with Gasteiger partial charge in [-0.1, -0.05) is 78.9 Å². The normalized spacial score (nSPS) is 10.6. The molecule has 0 amide bonds. The van der Waals surface area contributed by atoms with Gasteiger partial charge in [-0.3, -0.25) is 0 Å². The second kappa shape index (κ2) is 4.74. The molecule has 0 radical (unpaired) electrons. The lowest BCUT2D eigenvalue weighted by molar-refractivity contribution is 1.57. The number of hydrogen-bond acceptors (Lipinski definition) is 0. The smallest absolute Gasteiger partial charge is 0.0105 e. The van der Waals surface area contributed by atoms with Crippen molar-refractivity contribution in [3.8, 4) is 11.1 Å². The molecule has 0 saturated heterocycles. The molecule has 0 aliphatic carbocycles. The molecule has 0 aromatic heterocycles. The van der Waals surface area contributed by atoms with Gasteiger partial charge >= 0.3 is 0 Å². The van der Waals surface area contributed by atoms with E-state index in [0.29, 0.717) is 0 Å². The van der Waals surface area contributed by atoms with Gasteiger partial charge < -0.3 is 0 Å². The van der Waals surface area contributed by atoms with Gasteiger partial charge in [0.2, 0.25) is 0 Å². The number of benzene rings is 3. The Bertz CT molecular complexity index is 728. The molecule has 3 rings (SSSR count). The summed E-state index contributed by atoms with van der Waals surface area (Å²) >= 11 is 0. The van der Waals surface area contributed by atoms with Crippen molar-refractivity contribution in [3.05, 3.63) is 78.9 Å². The third-order valence-electron chi connectivity index (χ3n) is 3.48. The number of fused-ring (bicyclic) bond motifs is 1. The second-order valence-corrected chi connectivity index (χ2v) is 4.88. The van der Waals surface area contributed by atoms with Crippen LogP contribution in [-0.2, 0) is 0 Å². The third-order valence-corrected chi connectivity index (χ3v) is 3.48. The van der Waals surface area contributed by atoms with Crippen LogP contribution in [0.3, 0.4) is 0 Å². The maximum atomic E-state index is 3.98. The van der Waals surface area contributed by atoms with Crippen LogP contribution in [0.15, 0.2) is 73.3 Å². The van der Waals surface area contributed by atoms with E-state index >= 15 is 0 Å². The minimum atomic E-state index is 1.10. The first-order valence-electron chi connectivity index (χ1n) is 6.50.